The van der Waals surface area contributed by atoms with Crippen molar-refractivity contribution in [3.8, 4) is 5.88 Å². The van der Waals surface area contributed by atoms with E-state index < -0.39 is 19.7 Å². The molecule has 0 fully saturated rings. The molecule has 1 aromatic heterocycles. The van der Waals surface area contributed by atoms with E-state index in [4.69, 9.17) is 20.4 Å². The largest absolute Gasteiger partial charge is 0.414 e. The van der Waals surface area contributed by atoms with Crippen LogP contribution in [0, 0.1) is 0 Å². The van der Waals surface area contributed by atoms with Crippen molar-refractivity contribution in [1.82, 2.24) is 14.9 Å². The summed E-state index contributed by atoms with van der Waals surface area (Å²) in [4.78, 5) is 16.1. The molecule has 1 amide bonds. The standard InChI is InChI=1S/C15H29N5O4Si/c1-15(2,3)18-14(21)24-13-11(12(16)19-22)17-9-20(13)10-23-7-8-25(4,5)6/h9,22H,7-8,10H2,1-6H3,(H2,16,19)(H,18,21). The molecule has 0 saturated carbocycles. The van der Waals surface area contributed by atoms with Crippen molar-refractivity contribution in [2.45, 2.75) is 58.7 Å². The Morgan fingerprint density at radius 2 is 2.08 bits per heavy atom. The summed E-state index contributed by atoms with van der Waals surface area (Å²) in [6.45, 7) is 13.0. The van der Waals surface area contributed by atoms with Gasteiger partial charge in [0.1, 0.15) is 13.1 Å². The maximum atomic E-state index is 12.0. The first kappa shape index (κ1) is 21.0. The second kappa shape index (κ2) is 8.34. The summed E-state index contributed by atoms with van der Waals surface area (Å²) in [6, 6.07) is 1.01. The number of imidazole rings is 1. The molecule has 0 bridgehead atoms. The number of carbonyl (C=O) groups is 1. The molecule has 0 aliphatic rings. The fourth-order valence-corrected chi connectivity index (χ4v) is 2.51. The third kappa shape index (κ3) is 7.56. The SMILES string of the molecule is CC(C)(C)NC(=O)Oc1c(C(N)=NO)ncn1COCC[Si](C)(C)C. The van der Waals surface area contributed by atoms with E-state index in [2.05, 4.69) is 35.1 Å². The van der Waals surface area contributed by atoms with Gasteiger partial charge >= 0.3 is 6.09 Å². The smallest absolute Gasteiger partial charge is 0.409 e. The summed E-state index contributed by atoms with van der Waals surface area (Å²) in [7, 11) is -1.20. The molecule has 9 nitrogen and oxygen atoms in total. The van der Waals surface area contributed by atoms with Gasteiger partial charge in [-0.3, -0.25) is 4.57 Å². The summed E-state index contributed by atoms with van der Waals surface area (Å²) in [5.41, 5.74) is 5.20. The van der Waals surface area contributed by atoms with Gasteiger partial charge in [-0.25, -0.2) is 9.78 Å². The Kier molecular flexibility index (Phi) is 7.00. The average molecular weight is 372 g/mol. The van der Waals surface area contributed by atoms with E-state index in [1.165, 1.54) is 10.9 Å². The first-order valence-corrected chi connectivity index (χ1v) is 11.7. The quantitative estimate of drug-likeness (QED) is 0.168. The molecule has 0 aliphatic heterocycles. The van der Waals surface area contributed by atoms with Crippen LogP contribution >= 0.6 is 0 Å². The molecule has 0 atom stereocenters. The lowest BCUT2D eigenvalue weighted by Gasteiger charge is -2.20. The molecule has 1 aromatic rings. The first-order chi connectivity index (χ1) is 11.4. The van der Waals surface area contributed by atoms with Gasteiger partial charge in [-0.2, -0.15) is 0 Å². The summed E-state index contributed by atoms with van der Waals surface area (Å²) in [6.07, 6.45) is 0.755. The van der Waals surface area contributed by atoms with E-state index in [1.807, 2.05) is 20.8 Å². The Balaban J connectivity index is 2.87. The molecule has 0 unspecified atom stereocenters. The van der Waals surface area contributed by atoms with Crippen LogP contribution in [0.2, 0.25) is 25.7 Å². The Morgan fingerprint density at radius 3 is 2.60 bits per heavy atom. The topological polar surface area (TPSA) is 124 Å². The molecule has 1 heterocycles. The number of oxime groups is 1. The summed E-state index contributed by atoms with van der Waals surface area (Å²) in [5.74, 6) is -0.190. The van der Waals surface area contributed by atoms with Crippen LogP contribution in [0.1, 0.15) is 26.5 Å². The molecular formula is C15H29N5O4Si. The number of ether oxygens (including phenoxy) is 2. The van der Waals surface area contributed by atoms with Crippen LogP contribution in [0.25, 0.3) is 0 Å². The van der Waals surface area contributed by atoms with Crippen molar-refractivity contribution in [1.29, 1.82) is 0 Å². The molecule has 0 aliphatic carbocycles. The minimum Gasteiger partial charge on any atom is -0.409 e. The molecule has 142 valence electrons. The molecule has 1 rings (SSSR count). The zero-order valence-corrected chi connectivity index (χ0v) is 16.8. The van der Waals surface area contributed by atoms with Gasteiger partial charge in [0, 0.05) is 20.2 Å². The lowest BCUT2D eigenvalue weighted by molar-refractivity contribution is 0.0813. The second-order valence-corrected chi connectivity index (χ2v) is 13.6. The molecule has 0 aromatic carbocycles. The number of aromatic nitrogens is 2. The number of nitrogens with zero attached hydrogens (tertiary/aromatic N) is 3. The van der Waals surface area contributed by atoms with Crippen molar-refractivity contribution in [2.24, 2.45) is 10.9 Å². The average Bonchev–Trinajstić information content (AvgIpc) is 2.82. The van der Waals surface area contributed by atoms with Gasteiger partial charge in [-0.15, -0.1) is 0 Å². The minimum absolute atomic E-state index is 0.0602. The van der Waals surface area contributed by atoms with Gasteiger partial charge in [0.2, 0.25) is 5.88 Å². The van der Waals surface area contributed by atoms with Crippen molar-refractivity contribution in [2.75, 3.05) is 6.61 Å². The van der Waals surface area contributed by atoms with Gasteiger partial charge in [0.05, 0.1) is 0 Å². The number of nitrogens with one attached hydrogen (secondary N) is 1. The van der Waals surface area contributed by atoms with Crippen molar-refractivity contribution >= 4 is 20.0 Å². The highest BCUT2D eigenvalue weighted by atomic mass is 28.3. The van der Waals surface area contributed by atoms with E-state index in [1.54, 1.807) is 0 Å². The summed E-state index contributed by atoms with van der Waals surface area (Å²) >= 11 is 0. The van der Waals surface area contributed by atoms with Crippen LogP contribution in [0.4, 0.5) is 4.79 Å². The number of amides is 1. The maximum absolute atomic E-state index is 12.0. The molecule has 0 saturated heterocycles. The highest BCUT2D eigenvalue weighted by Gasteiger charge is 2.22. The van der Waals surface area contributed by atoms with Crippen LogP contribution in [0.5, 0.6) is 5.88 Å². The Labute approximate surface area is 149 Å². The van der Waals surface area contributed by atoms with Gasteiger partial charge in [0.25, 0.3) is 0 Å². The number of hydrogen-bond acceptors (Lipinski definition) is 6. The third-order valence-corrected chi connectivity index (χ3v) is 4.74. The Morgan fingerprint density at radius 1 is 1.44 bits per heavy atom. The highest BCUT2D eigenvalue weighted by Crippen LogP contribution is 2.19. The molecule has 0 spiro atoms. The lowest BCUT2D eigenvalue weighted by Crippen LogP contribution is -2.42. The normalized spacial score (nSPS) is 13.0. The number of hydrogen-bond donors (Lipinski definition) is 3. The van der Waals surface area contributed by atoms with Gasteiger partial charge in [0.15, 0.2) is 11.5 Å². The van der Waals surface area contributed by atoms with E-state index in [-0.39, 0.29) is 24.1 Å². The van der Waals surface area contributed by atoms with Gasteiger partial charge < -0.3 is 25.7 Å². The zero-order valence-electron chi connectivity index (χ0n) is 15.8. The second-order valence-electron chi connectivity index (χ2n) is 7.97. The maximum Gasteiger partial charge on any atom is 0.414 e. The summed E-state index contributed by atoms with van der Waals surface area (Å²) < 4.78 is 12.5. The van der Waals surface area contributed by atoms with Crippen LogP contribution in [-0.4, -0.2) is 46.9 Å². The van der Waals surface area contributed by atoms with Crippen LogP contribution < -0.4 is 15.8 Å². The van der Waals surface area contributed by atoms with Crippen LogP contribution in [0.3, 0.4) is 0 Å². The molecule has 0 radical (unpaired) electrons. The molecule has 4 N–H and O–H groups in total. The lowest BCUT2D eigenvalue weighted by atomic mass is 10.1. The number of carbonyl (C=O) groups excluding carboxylic acids is 1. The fraction of sp³-hybridized carbons (Fsp3) is 0.667. The zero-order chi connectivity index (χ0) is 19.3. The van der Waals surface area contributed by atoms with E-state index in [0.717, 1.165) is 6.04 Å². The van der Waals surface area contributed by atoms with E-state index >= 15 is 0 Å². The highest BCUT2D eigenvalue weighted by molar-refractivity contribution is 6.76. The predicted molar refractivity (Wildman–Crippen MR) is 97.8 cm³/mol. The van der Waals surface area contributed by atoms with Crippen molar-refractivity contribution in [3.05, 3.63) is 12.0 Å². The Bertz CT molecular complexity index is 616. The van der Waals surface area contributed by atoms with Crippen molar-refractivity contribution in [3.63, 3.8) is 0 Å². The van der Waals surface area contributed by atoms with E-state index in [0.29, 0.717) is 6.61 Å². The molecule has 10 heteroatoms. The number of amidine groups is 1. The van der Waals surface area contributed by atoms with Gasteiger partial charge in [-0.05, 0) is 26.8 Å². The number of rotatable bonds is 7. The monoisotopic (exact) mass is 371 g/mol. The summed E-state index contributed by atoms with van der Waals surface area (Å²) in [5, 5.41) is 14.5. The number of nitrogens with two attached hydrogens (primary N) is 1. The molecule has 25 heavy (non-hydrogen) atoms. The van der Waals surface area contributed by atoms with Crippen LogP contribution in [0.15, 0.2) is 11.5 Å². The predicted octanol–water partition coefficient (Wildman–Crippen LogP) is 2.18. The fourth-order valence-electron chi connectivity index (χ4n) is 1.75. The third-order valence-electron chi connectivity index (χ3n) is 3.03. The Hall–Kier alpha value is -2.07. The minimum atomic E-state index is -1.20. The van der Waals surface area contributed by atoms with Crippen molar-refractivity contribution < 1.29 is 19.5 Å². The molecular weight excluding hydrogens is 342 g/mol. The van der Waals surface area contributed by atoms with Crippen LogP contribution in [-0.2, 0) is 11.5 Å². The first-order valence-electron chi connectivity index (χ1n) is 8.04. The van der Waals surface area contributed by atoms with Gasteiger partial charge in [-0.1, -0.05) is 24.8 Å². The van der Waals surface area contributed by atoms with E-state index in [9.17, 15) is 4.79 Å².